The first-order valence-electron chi connectivity index (χ1n) is 9.61. The Hall–Kier alpha value is -3.13. The van der Waals surface area contributed by atoms with Crippen molar-refractivity contribution in [3.8, 4) is 23.0 Å². The number of aromatic nitrogens is 1. The van der Waals surface area contributed by atoms with Gasteiger partial charge in [-0.25, -0.2) is 4.98 Å². The second-order valence-corrected chi connectivity index (χ2v) is 6.99. The van der Waals surface area contributed by atoms with Gasteiger partial charge in [-0.3, -0.25) is 9.59 Å². The van der Waals surface area contributed by atoms with Gasteiger partial charge in [0.25, 0.3) is 0 Å². The Morgan fingerprint density at radius 1 is 1.14 bits per heavy atom. The van der Waals surface area contributed by atoms with E-state index < -0.39 is 0 Å². The number of Topliss-reactive ketones (excluding diaryl/α,β-unsaturated/α-hetero) is 1. The molecule has 0 amide bonds. The number of carbonyl (C=O) groups excluding carboxylic acids is 2. The molecule has 0 spiro atoms. The molecule has 0 saturated carbocycles. The van der Waals surface area contributed by atoms with E-state index in [4.69, 9.17) is 13.9 Å². The summed E-state index contributed by atoms with van der Waals surface area (Å²) in [7, 11) is 3.07. The first kappa shape index (κ1) is 19.2. The summed E-state index contributed by atoms with van der Waals surface area (Å²) < 4.78 is 16.2. The molecule has 0 unspecified atom stereocenters. The maximum atomic E-state index is 12.8. The Bertz CT molecular complexity index is 973. The molecule has 2 heterocycles. The van der Waals surface area contributed by atoms with E-state index in [0.29, 0.717) is 23.6 Å². The lowest BCUT2D eigenvalue weighted by Crippen LogP contribution is -2.33. The van der Waals surface area contributed by atoms with Crippen molar-refractivity contribution in [2.75, 3.05) is 40.4 Å². The average molecular weight is 397 g/mol. The lowest BCUT2D eigenvalue weighted by atomic mass is 10.0. The molecule has 4 rings (SSSR count). The van der Waals surface area contributed by atoms with Crippen LogP contribution < -0.4 is 14.8 Å². The Labute approximate surface area is 168 Å². The molecule has 2 aromatic rings. The largest absolute Gasteiger partial charge is 0.493 e. The van der Waals surface area contributed by atoms with Crippen molar-refractivity contribution in [1.82, 2.24) is 15.2 Å². The number of carbonyl (C=O) groups is 2. The number of rotatable bonds is 7. The zero-order valence-electron chi connectivity index (χ0n) is 16.5. The van der Waals surface area contributed by atoms with E-state index in [-0.39, 0.29) is 34.6 Å². The highest BCUT2D eigenvalue weighted by molar-refractivity contribution is 6.22. The zero-order chi connectivity index (χ0) is 20.4. The number of likely N-dealkylation sites (tertiary alicyclic amines) is 1. The summed E-state index contributed by atoms with van der Waals surface area (Å²) in [4.78, 5) is 31.8. The van der Waals surface area contributed by atoms with Crippen molar-refractivity contribution in [2.24, 2.45) is 0 Å². The Morgan fingerprint density at radius 2 is 1.90 bits per heavy atom. The van der Waals surface area contributed by atoms with Crippen LogP contribution in [0.25, 0.3) is 11.5 Å². The van der Waals surface area contributed by atoms with Crippen molar-refractivity contribution in [2.45, 2.75) is 12.8 Å². The lowest BCUT2D eigenvalue weighted by Gasteiger charge is -2.17. The van der Waals surface area contributed by atoms with E-state index in [0.717, 1.165) is 19.6 Å². The van der Waals surface area contributed by atoms with E-state index >= 15 is 0 Å². The molecule has 0 bridgehead atoms. The number of oxazole rings is 1. The number of benzene rings is 1. The normalized spacial score (nSPS) is 16.6. The van der Waals surface area contributed by atoms with Crippen LogP contribution in [-0.2, 0) is 0 Å². The van der Waals surface area contributed by atoms with E-state index in [9.17, 15) is 9.59 Å². The Kier molecular flexibility index (Phi) is 5.35. The second-order valence-electron chi connectivity index (χ2n) is 6.99. The minimum absolute atomic E-state index is 0.0323. The molecule has 152 valence electrons. The number of ketones is 2. The van der Waals surface area contributed by atoms with Crippen LogP contribution in [0.2, 0.25) is 0 Å². The number of hydrogen-bond donors (Lipinski definition) is 1. The molecule has 1 aliphatic heterocycles. The summed E-state index contributed by atoms with van der Waals surface area (Å²) in [5.74, 6) is 0.501. The highest BCUT2D eigenvalue weighted by Gasteiger charge is 2.32. The summed E-state index contributed by atoms with van der Waals surface area (Å²) >= 11 is 0. The number of ether oxygens (including phenoxy) is 2. The minimum Gasteiger partial charge on any atom is -0.493 e. The van der Waals surface area contributed by atoms with Gasteiger partial charge in [-0.05, 0) is 44.1 Å². The quantitative estimate of drug-likeness (QED) is 0.761. The molecule has 1 fully saturated rings. The third-order valence-corrected chi connectivity index (χ3v) is 5.16. The van der Waals surface area contributed by atoms with Gasteiger partial charge in [0.15, 0.2) is 17.2 Å². The molecule has 1 aromatic heterocycles. The van der Waals surface area contributed by atoms with Gasteiger partial charge in [-0.1, -0.05) is 0 Å². The first-order valence-corrected chi connectivity index (χ1v) is 9.61. The molecule has 0 atom stereocenters. The highest BCUT2D eigenvalue weighted by Crippen LogP contribution is 2.33. The van der Waals surface area contributed by atoms with Gasteiger partial charge >= 0.3 is 0 Å². The predicted molar refractivity (Wildman–Crippen MR) is 105 cm³/mol. The van der Waals surface area contributed by atoms with E-state index in [2.05, 4.69) is 15.2 Å². The summed E-state index contributed by atoms with van der Waals surface area (Å²) in [6, 6.07) is 5.13. The maximum Gasteiger partial charge on any atom is 0.246 e. The fourth-order valence-electron chi connectivity index (χ4n) is 3.61. The molecule has 1 saturated heterocycles. The van der Waals surface area contributed by atoms with E-state index in [1.54, 1.807) is 25.3 Å². The van der Waals surface area contributed by atoms with E-state index in [1.165, 1.54) is 26.0 Å². The molecular weight excluding hydrogens is 374 g/mol. The van der Waals surface area contributed by atoms with Gasteiger partial charge in [0, 0.05) is 24.7 Å². The van der Waals surface area contributed by atoms with Crippen molar-refractivity contribution >= 4 is 11.6 Å². The van der Waals surface area contributed by atoms with Crippen molar-refractivity contribution < 1.29 is 23.5 Å². The summed E-state index contributed by atoms with van der Waals surface area (Å²) in [5.41, 5.74) is 0.864. The monoisotopic (exact) mass is 397 g/mol. The maximum absolute atomic E-state index is 12.8. The number of fused-ring (bicyclic) bond motifs is 1. The van der Waals surface area contributed by atoms with Gasteiger partial charge in [-0.2, -0.15) is 0 Å². The smallest absolute Gasteiger partial charge is 0.246 e. The number of methoxy groups -OCH3 is 2. The number of hydrogen-bond acceptors (Lipinski definition) is 8. The van der Waals surface area contributed by atoms with Crippen LogP contribution in [0.3, 0.4) is 0 Å². The standard InChI is InChI=1S/C21H23N3O5/c1-27-16-6-5-13(11-17(16)28-2)21-23-18-15(25)12-14(19(26)20(18)29-21)22-7-10-24-8-3-4-9-24/h5-6,11-12,22H,3-4,7-10H2,1-2H3. The van der Waals surface area contributed by atoms with Crippen LogP contribution in [-0.4, -0.2) is 61.8 Å². The molecule has 8 heteroatoms. The van der Waals surface area contributed by atoms with Crippen molar-refractivity contribution in [1.29, 1.82) is 0 Å². The third-order valence-electron chi connectivity index (χ3n) is 5.16. The molecule has 1 aromatic carbocycles. The lowest BCUT2D eigenvalue weighted by molar-refractivity contribution is 0.0956. The number of nitrogens with one attached hydrogen (secondary N) is 1. The summed E-state index contributed by atoms with van der Waals surface area (Å²) in [6.45, 7) is 3.58. The van der Waals surface area contributed by atoms with E-state index in [1.807, 2.05) is 0 Å². The highest BCUT2D eigenvalue weighted by atomic mass is 16.5. The van der Waals surface area contributed by atoms with Crippen LogP contribution in [0.4, 0.5) is 0 Å². The van der Waals surface area contributed by atoms with Gasteiger partial charge in [0.1, 0.15) is 0 Å². The SMILES string of the molecule is COc1ccc(-c2nc3c(o2)C(=O)C(NCCN2CCCC2)=CC3=O)cc1OC. The third kappa shape index (κ3) is 3.75. The molecule has 1 aliphatic carbocycles. The van der Waals surface area contributed by atoms with Crippen LogP contribution in [0.1, 0.15) is 33.9 Å². The van der Waals surface area contributed by atoms with Gasteiger partial charge < -0.3 is 24.1 Å². The topological polar surface area (TPSA) is 93.9 Å². The Balaban J connectivity index is 1.52. The molecule has 0 radical (unpaired) electrons. The molecular formula is C21H23N3O5. The minimum atomic E-state index is -0.361. The van der Waals surface area contributed by atoms with Gasteiger partial charge in [-0.15, -0.1) is 0 Å². The zero-order valence-corrected chi connectivity index (χ0v) is 16.5. The van der Waals surface area contributed by atoms with Crippen LogP contribution in [0.5, 0.6) is 11.5 Å². The fraction of sp³-hybridized carbons (Fsp3) is 0.381. The summed E-state index contributed by atoms with van der Waals surface area (Å²) in [6.07, 6.45) is 3.72. The molecule has 2 aliphatic rings. The second kappa shape index (κ2) is 8.08. The fourth-order valence-corrected chi connectivity index (χ4v) is 3.61. The van der Waals surface area contributed by atoms with Crippen molar-refractivity contribution in [3.05, 3.63) is 41.4 Å². The van der Waals surface area contributed by atoms with Crippen LogP contribution in [0.15, 0.2) is 34.4 Å². The molecule has 1 N–H and O–H groups in total. The molecule has 8 nitrogen and oxygen atoms in total. The predicted octanol–water partition coefficient (Wildman–Crippen LogP) is 2.31. The van der Waals surface area contributed by atoms with Crippen LogP contribution in [0, 0.1) is 0 Å². The number of allylic oxidation sites excluding steroid dienone is 2. The Morgan fingerprint density at radius 3 is 2.62 bits per heavy atom. The van der Waals surface area contributed by atoms with Crippen LogP contribution >= 0.6 is 0 Å². The number of nitrogens with zero attached hydrogens (tertiary/aromatic N) is 2. The van der Waals surface area contributed by atoms with Crippen molar-refractivity contribution in [3.63, 3.8) is 0 Å². The summed E-state index contributed by atoms with van der Waals surface area (Å²) in [5, 5.41) is 3.08. The van der Waals surface area contributed by atoms with Gasteiger partial charge in [0.2, 0.25) is 23.2 Å². The average Bonchev–Trinajstić information content (AvgIpc) is 3.41. The molecule has 29 heavy (non-hydrogen) atoms. The first-order chi connectivity index (χ1) is 14.1. The van der Waals surface area contributed by atoms with Gasteiger partial charge in [0.05, 0.1) is 19.9 Å².